The van der Waals surface area contributed by atoms with Crippen molar-refractivity contribution in [1.29, 1.82) is 0 Å². The summed E-state index contributed by atoms with van der Waals surface area (Å²) in [5.74, 6) is 2.22. The van der Waals surface area contributed by atoms with Gasteiger partial charge in [0.25, 0.3) is 0 Å². The second-order valence-corrected chi connectivity index (χ2v) is 9.84. The Kier molecular flexibility index (Phi) is 5.65. The summed E-state index contributed by atoms with van der Waals surface area (Å²) < 4.78 is 0. The second-order valence-electron chi connectivity index (χ2n) is 9.44. The number of nitrogens with zero attached hydrogens (tertiary/aromatic N) is 1. The van der Waals surface area contributed by atoms with Crippen molar-refractivity contribution in [1.82, 2.24) is 10.6 Å². The van der Waals surface area contributed by atoms with E-state index in [0.29, 0.717) is 17.3 Å². The molecule has 6 nitrogen and oxygen atoms in total. The molecule has 0 atom stereocenters. The van der Waals surface area contributed by atoms with Crippen LogP contribution in [0.3, 0.4) is 0 Å². The number of carbonyl (C=O) groups excluding carboxylic acids is 2. The molecule has 0 unspecified atom stereocenters. The molecule has 0 aromatic heterocycles. The van der Waals surface area contributed by atoms with Crippen molar-refractivity contribution in [2.75, 3.05) is 30.9 Å². The minimum absolute atomic E-state index is 0.00791. The van der Waals surface area contributed by atoms with Crippen LogP contribution in [0.4, 0.5) is 16.2 Å². The highest BCUT2D eigenvalue weighted by molar-refractivity contribution is 6.33. The number of benzene rings is 1. The highest BCUT2D eigenvalue weighted by atomic mass is 35.5. The van der Waals surface area contributed by atoms with E-state index in [1.807, 2.05) is 31.1 Å². The molecule has 3 amide bonds. The molecule has 0 aliphatic heterocycles. The molecule has 0 spiro atoms. The van der Waals surface area contributed by atoms with E-state index in [1.165, 1.54) is 19.3 Å². The summed E-state index contributed by atoms with van der Waals surface area (Å²) in [6.07, 6.45) is 7.64. The lowest BCUT2D eigenvalue weighted by atomic mass is 9.53. The van der Waals surface area contributed by atoms with E-state index in [4.69, 9.17) is 11.6 Å². The highest BCUT2D eigenvalue weighted by Gasteiger charge is 2.51. The van der Waals surface area contributed by atoms with Crippen molar-refractivity contribution in [2.24, 2.45) is 17.8 Å². The van der Waals surface area contributed by atoms with Crippen LogP contribution in [0.1, 0.15) is 44.9 Å². The Balaban J connectivity index is 1.21. The molecule has 4 aliphatic rings. The van der Waals surface area contributed by atoms with Gasteiger partial charge >= 0.3 is 6.03 Å². The van der Waals surface area contributed by atoms with Gasteiger partial charge in [-0.3, -0.25) is 4.79 Å². The first-order valence-corrected chi connectivity index (χ1v) is 11.0. The summed E-state index contributed by atoms with van der Waals surface area (Å²) in [6.45, 7) is 0.313. The maximum atomic E-state index is 12.4. The van der Waals surface area contributed by atoms with Crippen LogP contribution in [0.25, 0.3) is 0 Å². The van der Waals surface area contributed by atoms with Crippen molar-refractivity contribution in [3.8, 4) is 0 Å². The van der Waals surface area contributed by atoms with Crippen molar-refractivity contribution >= 4 is 34.9 Å². The third-order valence-corrected chi connectivity index (χ3v) is 7.07. The molecular formula is C22H31ClN4O2. The van der Waals surface area contributed by atoms with E-state index in [0.717, 1.165) is 42.7 Å². The van der Waals surface area contributed by atoms with Crippen molar-refractivity contribution in [2.45, 2.75) is 50.5 Å². The molecule has 7 heteroatoms. The number of hydrogen-bond acceptors (Lipinski definition) is 3. The maximum absolute atomic E-state index is 12.4. The Hall–Kier alpha value is -1.95. The number of carbonyl (C=O) groups is 2. The quantitative estimate of drug-likeness (QED) is 0.653. The zero-order valence-electron chi connectivity index (χ0n) is 17.3. The van der Waals surface area contributed by atoms with Gasteiger partial charge in [0, 0.05) is 38.3 Å². The molecule has 4 fully saturated rings. The first kappa shape index (κ1) is 20.3. The smallest absolute Gasteiger partial charge is 0.315 e. The Bertz CT molecular complexity index is 760. The molecule has 29 heavy (non-hydrogen) atoms. The molecule has 4 saturated carbocycles. The van der Waals surface area contributed by atoms with Gasteiger partial charge in [0.15, 0.2) is 0 Å². The predicted octanol–water partition coefficient (Wildman–Crippen LogP) is 4.00. The van der Waals surface area contributed by atoms with Gasteiger partial charge in [-0.1, -0.05) is 11.6 Å². The monoisotopic (exact) mass is 418 g/mol. The summed E-state index contributed by atoms with van der Waals surface area (Å²) in [7, 11) is 3.83. The third-order valence-electron chi connectivity index (χ3n) is 6.77. The fraction of sp³-hybridized carbons (Fsp3) is 0.636. The first-order valence-electron chi connectivity index (χ1n) is 10.6. The maximum Gasteiger partial charge on any atom is 0.315 e. The Morgan fingerprint density at radius 1 is 1.10 bits per heavy atom. The average molecular weight is 419 g/mol. The van der Waals surface area contributed by atoms with Gasteiger partial charge in [0.05, 0.1) is 10.7 Å². The normalized spacial score (nSPS) is 29.4. The predicted molar refractivity (Wildman–Crippen MR) is 116 cm³/mol. The van der Waals surface area contributed by atoms with Crippen LogP contribution in [-0.2, 0) is 4.79 Å². The topological polar surface area (TPSA) is 73.5 Å². The van der Waals surface area contributed by atoms with E-state index in [-0.39, 0.29) is 23.9 Å². The molecule has 5 rings (SSSR count). The molecular weight excluding hydrogens is 388 g/mol. The van der Waals surface area contributed by atoms with Gasteiger partial charge in [-0.05, 0) is 74.5 Å². The Morgan fingerprint density at radius 2 is 1.72 bits per heavy atom. The molecule has 4 aliphatic carbocycles. The van der Waals surface area contributed by atoms with E-state index in [1.54, 1.807) is 6.07 Å². The van der Waals surface area contributed by atoms with Gasteiger partial charge in [-0.15, -0.1) is 0 Å². The summed E-state index contributed by atoms with van der Waals surface area (Å²) >= 11 is 6.24. The van der Waals surface area contributed by atoms with Crippen LogP contribution in [-0.4, -0.2) is 38.1 Å². The summed E-state index contributed by atoms with van der Waals surface area (Å²) in [6, 6.07) is 5.29. The SMILES string of the molecule is CN(C)c1ccc(NC(=O)CCNC(=O)NC23CC4CC(CC(C4)C2)C3)cc1Cl. The standard InChI is InChI=1S/C22H31ClN4O2/c1-27(2)19-4-3-17(10-18(19)23)25-20(28)5-6-24-21(29)26-22-11-14-7-15(12-22)9-16(8-14)13-22/h3-4,10,14-16H,5-9,11-13H2,1-2H3,(H,25,28)(H2,24,26,29). The van der Waals surface area contributed by atoms with Gasteiger partial charge in [-0.25, -0.2) is 4.79 Å². The number of anilines is 2. The molecule has 0 saturated heterocycles. The fourth-order valence-corrected chi connectivity index (χ4v) is 6.36. The number of urea groups is 1. The van der Waals surface area contributed by atoms with Crippen molar-refractivity contribution < 1.29 is 9.59 Å². The van der Waals surface area contributed by atoms with E-state index < -0.39 is 0 Å². The number of nitrogens with one attached hydrogen (secondary N) is 3. The molecule has 1 aromatic carbocycles. The summed E-state index contributed by atoms with van der Waals surface area (Å²) in [5, 5.41) is 9.55. The lowest BCUT2D eigenvalue weighted by molar-refractivity contribution is -0.116. The molecule has 0 radical (unpaired) electrons. The van der Waals surface area contributed by atoms with Crippen LogP contribution in [0.15, 0.2) is 18.2 Å². The van der Waals surface area contributed by atoms with Crippen molar-refractivity contribution in [3.05, 3.63) is 23.2 Å². The van der Waals surface area contributed by atoms with Crippen LogP contribution in [0.5, 0.6) is 0 Å². The van der Waals surface area contributed by atoms with Crippen LogP contribution in [0, 0.1) is 17.8 Å². The van der Waals surface area contributed by atoms with E-state index >= 15 is 0 Å². The van der Waals surface area contributed by atoms with Gasteiger partial charge < -0.3 is 20.9 Å². The Morgan fingerprint density at radius 3 is 2.28 bits per heavy atom. The third kappa shape index (κ3) is 4.63. The molecule has 1 aromatic rings. The Labute approximate surface area is 177 Å². The molecule has 3 N–H and O–H groups in total. The number of hydrogen-bond donors (Lipinski definition) is 3. The minimum atomic E-state index is -0.145. The van der Waals surface area contributed by atoms with Gasteiger partial charge in [0.1, 0.15) is 0 Å². The zero-order valence-corrected chi connectivity index (χ0v) is 18.0. The van der Waals surface area contributed by atoms with Crippen LogP contribution < -0.4 is 20.9 Å². The van der Waals surface area contributed by atoms with Gasteiger partial charge in [-0.2, -0.15) is 0 Å². The molecule has 4 bridgehead atoms. The largest absolute Gasteiger partial charge is 0.376 e. The number of rotatable bonds is 6. The van der Waals surface area contributed by atoms with E-state index in [9.17, 15) is 9.59 Å². The van der Waals surface area contributed by atoms with Gasteiger partial charge in [0.2, 0.25) is 5.91 Å². The molecule has 158 valence electrons. The van der Waals surface area contributed by atoms with E-state index in [2.05, 4.69) is 16.0 Å². The summed E-state index contributed by atoms with van der Waals surface area (Å²) in [5.41, 5.74) is 1.54. The van der Waals surface area contributed by atoms with Crippen molar-refractivity contribution in [3.63, 3.8) is 0 Å². The number of halogens is 1. The number of amides is 3. The minimum Gasteiger partial charge on any atom is -0.376 e. The zero-order chi connectivity index (χ0) is 20.6. The fourth-order valence-electron chi connectivity index (χ4n) is 6.01. The molecule has 0 heterocycles. The highest BCUT2D eigenvalue weighted by Crippen LogP contribution is 2.55. The summed E-state index contributed by atoms with van der Waals surface area (Å²) in [4.78, 5) is 26.6. The average Bonchev–Trinajstić information content (AvgIpc) is 2.59. The van der Waals surface area contributed by atoms with Crippen LogP contribution >= 0.6 is 11.6 Å². The lowest BCUT2D eigenvalue weighted by Gasteiger charge is -2.56. The first-order chi connectivity index (χ1) is 13.8. The lowest BCUT2D eigenvalue weighted by Crippen LogP contribution is -2.61. The van der Waals surface area contributed by atoms with Crippen LogP contribution in [0.2, 0.25) is 5.02 Å². The second kappa shape index (κ2) is 8.05.